The highest BCUT2D eigenvalue weighted by molar-refractivity contribution is 6.31. The van der Waals surface area contributed by atoms with E-state index in [4.69, 9.17) is 17.3 Å². The van der Waals surface area contributed by atoms with Gasteiger partial charge in [0.25, 0.3) is 5.91 Å². The van der Waals surface area contributed by atoms with Gasteiger partial charge in [0.05, 0.1) is 22.0 Å². The van der Waals surface area contributed by atoms with Crippen LogP contribution in [0.1, 0.15) is 10.4 Å². The van der Waals surface area contributed by atoms with Gasteiger partial charge in [0.15, 0.2) is 11.6 Å². The van der Waals surface area contributed by atoms with Crippen LogP contribution in [0.15, 0.2) is 36.4 Å². The van der Waals surface area contributed by atoms with Crippen molar-refractivity contribution in [3.63, 3.8) is 0 Å². The van der Waals surface area contributed by atoms with Crippen LogP contribution < -0.4 is 11.1 Å². The molecule has 2 rings (SSSR count). The number of carbonyl (C=O) groups is 1. The van der Waals surface area contributed by atoms with E-state index in [2.05, 4.69) is 5.32 Å². The van der Waals surface area contributed by atoms with E-state index >= 15 is 0 Å². The maximum atomic E-state index is 13.6. The first-order chi connectivity index (χ1) is 9.00. The highest BCUT2D eigenvalue weighted by Crippen LogP contribution is 2.27. The van der Waals surface area contributed by atoms with E-state index in [0.717, 1.165) is 0 Å². The number of benzene rings is 2. The first-order valence-electron chi connectivity index (χ1n) is 5.33. The van der Waals surface area contributed by atoms with Gasteiger partial charge in [-0.15, -0.1) is 0 Å². The van der Waals surface area contributed by atoms with Gasteiger partial charge in [0.2, 0.25) is 0 Å². The zero-order valence-corrected chi connectivity index (χ0v) is 10.4. The van der Waals surface area contributed by atoms with Crippen molar-refractivity contribution in [2.24, 2.45) is 0 Å². The van der Waals surface area contributed by atoms with Crippen molar-refractivity contribution in [2.45, 2.75) is 0 Å². The van der Waals surface area contributed by atoms with E-state index in [-0.39, 0.29) is 27.7 Å². The molecule has 6 heteroatoms. The van der Waals surface area contributed by atoms with E-state index in [0.29, 0.717) is 0 Å². The minimum absolute atomic E-state index is 0.0422. The van der Waals surface area contributed by atoms with Crippen molar-refractivity contribution < 1.29 is 14.3 Å². The average Bonchev–Trinajstić information content (AvgIpc) is 2.38. The van der Waals surface area contributed by atoms with Crippen molar-refractivity contribution in [2.75, 3.05) is 11.1 Å². The summed E-state index contributed by atoms with van der Waals surface area (Å²) in [5, 5.41) is 11.9. The second-order valence-electron chi connectivity index (χ2n) is 3.80. The van der Waals surface area contributed by atoms with Crippen molar-refractivity contribution in [1.82, 2.24) is 0 Å². The number of para-hydroxylation sites is 1. The Morgan fingerprint density at radius 2 is 1.95 bits per heavy atom. The van der Waals surface area contributed by atoms with Gasteiger partial charge >= 0.3 is 0 Å². The number of aromatic hydroxyl groups is 1. The third kappa shape index (κ3) is 2.61. The predicted octanol–water partition coefficient (Wildman–Crippen LogP) is 3.02. The summed E-state index contributed by atoms with van der Waals surface area (Å²) in [6.07, 6.45) is 0. The van der Waals surface area contributed by atoms with Crippen molar-refractivity contribution in [1.29, 1.82) is 0 Å². The molecular weight excluding hydrogens is 271 g/mol. The lowest BCUT2D eigenvalue weighted by molar-refractivity contribution is 0.102. The molecule has 19 heavy (non-hydrogen) atoms. The monoisotopic (exact) mass is 280 g/mol. The largest absolute Gasteiger partial charge is 0.505 e. The molecule has 0 heterocycles. The van der Waals surface area contributed by atoms with Crippen molar-refractivity contribution in [3.8, 4) is 5.75 Å². The molecule has 0 aliphatic rings. The van der Waals surface area contributed by atoms with Gasteiger partial charge in [0, 0.05) is 0 Å². The van der Waals surface area contributed by atoms with E-state index in [1.165, 1.54) is 36.4 Å². The van der Waals surface area contributed by atoms with Crippen LogP contribution in [0.25, 0.3) is 0 Å². The summed E-state index contributed by atoms with van der Waals surface area (Å²) in [5.41, 5.74) is 5.44. The predicted molar refractivity (Wildman–Crippen MR) is 71.9 cm³/mol. The summed E-state index contributed by atoms with van der Waals surface area (Å²) >= 11 is 5.60. The number of nitrogen functional groups attached to an aromatic ring is 1. The number of hydrogen-bond acceptors (Lipinski definition) is 3. The van der Waals surface area contributed by atoms with Crippen LogP contribution in [0.2, 0.25) is 5.02 Å². The van der Waals surface area contributed by atoms with Gasteiger partial charge < -0.3 is 16.2 Å². The van der Waals surface area contributed by atoms with Crippen LogP contribution in [0.4, 0.5) is 15.8 Å². The van der Waals surface area contributed by atoms with Gasteiger partial charge in [-0.1, -0.05) is 23.7 Å². The van der Waals surface area contributed by atoms with Crippen molar-refractivity contribution in [3.05, 3.63) is 52.8 Å². The molecule has 0 radical (unpaired) electrons. The summed E-state index contributed by atoms with van der Waals surface area (Å²) < 4.78 is 13.6. The molecule has 0 aromatic heterocycles. The minimum Gasteiger partial charge on any atom is -0.505 e. The molecule has 4 nitrogen and oxygen atoms in total. The fraction of sp³-hybridized carbons (Fsp3) is 0. The number of halogens is 2. The molecule has 98 valence electrons. The molecular formula is C13H10ClFN2O2. The lowest BCUT2D eigenvalue weighted by Gasteiger charge is -2.09. The Bertz CT molecular complexity index is 647. The van der Waals surface area contributed by atoms with Crippen LogP contribution in [0.5, 0.6) is 5.75 Å². The maximum Gasteiger partial charge on any atom is 0.259 e. The molecule has 0 fully saturated rings. The van der Waals surface area contributed by atoms with E-state index in [1.807, 2.05) is 0 Å². The molecule has 0 aliphatic carbocycles. The molecule has 0 atom stereocenters. The molecule has 0 spiro atoms. The zero-order chi connectivity index (χ0) is 14.0. The Kier molecular flexibility index (Phi) is 3.57. The number of anilines is 2. The summed E-state index contributed by atoms with van der Waals surface area (Å²) in [6.45, 7) is 0. The summed E-state index contributed by atoms with van der Waals surface area (Å²) in [6, 6.07) is 8.57. The average molecular weight is 281 g/mol. The number of hydrogen-bond donors (Lipinski definition) is 3. The molecule has 0 saturated carbocycles. The van der Waals surface area contributed by atoms with Gasteiger partial charge in [-0.05, 0) is 24.3 Å². The summed E-state index contributed by atoms with van der Waals surface area (Å²) in [4.78, 5) is 11.9. The van der Waals surface area contributed by atoms with E-state index < -0.39 is 11.7 Å². The molecule has 4 N–H and O–H groups in total. The van der Waals surface area contributed by atoms with Crippen molar-refractivity contribution >= 4 is 28.9 Å². The third-order valence-electron chi connectivity index (χ3n) is 2.51. The Balaban J connectivity index is 2.31. The number of phenolic OH excluding ortho intramolecular Hbond substituents is 1. The second-order valence-corrected chi connectivity index (χ2v) is 4.21. The van der Waals surface area contributed by atoms with Crippen LogP contribution >= 0.6 is 11.6 Å². The SMILES string of the molecule is Nc1cccc(C(=O)Nc2cccc(Cl)c2F)c1O. The van der Waals surface area contributed by atoms with Crippen LogP contribution in [0.3, 0.4) is 0 Å². The number of phenols is 1. The first kappa shape index (κ1) is 13.2. The van der Waals surface area contributed by atoms with Crippen LogP contribution in [0, 0.1) is 5.82 Å². The molecule has 0 bridgehead atoms. The topological polar surface area (TPSA) is 75.4 Å². The van der Waals surface area contributed by atoms with E-state index in [9.17, 15) is 14.3 Å². The Morgan fingerprint density at radius 1 is 1.26 bits per heavy atom. The lowest BCUT2D eigenvalue weighted by atomic mass is 10.1. The minimum atomic E-state index is -0.735. The fourth-order valence-electron chi connectivity index (χ4n) is 1.53. The Morgan fingerprint density at radius 3 is 2.68 bits per heavy atom. The highest BCUT2D eigenvalue weighted by atomic mass is 35.5. The second kappa shape index (κ2) is 5.16. The van der Waals surface area contributed by atoms with E-state index in [1.54, 1.807) is 0 Å². The number of rotatable bonds is 2. The molecule has 0 aliphatic heterocycles. The quantitative estimate of drug-likeness (QED) is 0.585. The van der Waals surface area contributed by atoms with Gasteiger partial charge in [-0.3, -0.25) is 4.79 Å². The summed E-state index contributed by atoms with van der Waals surface area (Å²) in [7, 11) is 0. The molecule has 2 aromatic rings. The lowest BCUT2D eigenvalue weighted by Crippen LogP contribution is -2.13. The Hall–Kier alpha value is -2.27. The first-order valence-corrected chi connectivity index (χ1v) is 5.71. The number of nitrogens with two attached hydrogens (primary N) is 1. The third-order valence-corrected chi connectivity index (χ3v) is 2.80. The molecule has 2 aromatic carbocycles. The molecule has 1 amide bonds. The maximum absolute atomic E-state index is 13.6. The smallest absolute Gasteiger partial charge is 0.259 e. The Labute approximate surface area is 113 Å². The van der Waals surface area contributed by atoms with Gasteiger partial charge in [-0.2, -0.15) is 0 Å². The molecule has 0 saturated heterocycles. The standard InChI is InChI=1S/C13H10ClFN2O2/c14-8-4-2-6-10(11(8)15)17-13(19)7-3-1-5-9(16)12(7)18/h1-6,18H,16H2,(H,17,19). The zero-order valence-electron chi connectivity index (χ0n) is 9.65. The normalized spacial score (nSPS) is 10.2. The number of nitrogens with one attached hydrogen (secondary N) is 1. The number of carbonyl (C=O) groups excluding carboxylic acids is 1. The van der Waals surface area contributed by atoms with Crippen LogP contribution in [-0.2, 0) is 0 Å². The molecule has 0 unspecified atom stereocenters. The number of amides is 1. The van der Waals surface area contributed by atoms with Gasteiger partial charge in [0.1, 0.15) is 0 Å². The summed E-state index contributed by atoms with van der Waals surface area (Å²) in [5.74, 6) is -1.76. The van der Waals surface area contributed by atoms with Crippen LogP contribution in [-0.4, -0.2) is 11.0 Å². The van der Waals surface area contributed by atoms with Gasteiger partial charge in [-0.25, -0.2) is 4.39 Å². The fourth-order valence-corrected chi connectivity index (χ4v) is 1.71. The highest BCUT2D eigenvalue weighted by Gasteiger charge is 2.15.